The molecule has 0 bridgehead atoms. The molecule has 0 spiro atoms. The van der Waals surface area contributed by atoms with Gasteiger partial charge in [-0.2, -0.15) is 4.83 Å². The van der Waals surface area contributed by atoms with Gasteiger partial charge in [-0.15, -0.1) is 0 Å². The zero-order valence-corrected chi connectivity index (χ0v) is 10.7. The van der Waals surface area contributed by atoms with Crippen molar-refractivity contribution in [3.8, 4) is 0 Å². The average Bonchev–Trinajstić information content (AvgIpc) is 2.23. The number of nitrogens with one attached hydrogen (secondary N) is 2. The smallest absolute Gasteiger partial charge is 0.217 e. The van der Waals surface area contributed by atoms with Crippen LogP contribution in [0.4, 0.5) is 0 Å². The Morgan fingerprint density at radius 1 is 1.62 bits per heavy atom. The van der Waals surface area contributed by atoms with Gasteiger partial charge in [-0.25, -0.2) is 9.22 Å². The number of rotatable bonds is 8. The van der Waals surface area contributed by atoms with Crippen LogP contribution < -0.4 is 10.1 Å². The van der Waals surface area contributed by atoms with Gasteiger partial charge in [0.05, 0.1) is 23.9 Å². The minimum atomic E-state index is -1.91. The molecular weight excluding hydrogens is 230 g/mol. The molecule has 0 radical (unpaired) electrons. The Hall–Kier alpha value is -0.500. The summed E-state index contributed by atoms with van der Waals surface area (Å²) in [5.74, 6) is -0.198. The van der Waals surface area contributed by atoms with Gasteiger partial charge in [0.15, 0.2) is 1.12 Å². The first-order valence-electron chi connectivity index (χ1n) is 5.70. The SMILES string of the molecule is [3H]S(=O)NN(CC)CC(O)C(CC)NC(C)=O. The molecule has 0 aliphatic heterocycles. The summed E-state index contributed by atoms with van der Waals surface area (Å²) in [4.78, 5) is 13.3. The Bertz CT molecular complexity index is 268. The van der Waals surface area contributed by atoms with E-state index in [2.05, 4.69) is 10.1 Å². The quantitative estimate of drug-likeness (QED) is 0.329. The molecule has 1 amide bonds. The molecule has 6 nitrogen and oxygen atoms in total. The zero-order valence-electron chi connectivity index (χ0n) is 10.9. The maximum atomic E-state index is 10.9. The fraction of sp³-hybridized carbons (Fsp3) is 0.889. The van der Waals surface area contributed by atoms with E-state index in [1.54, 1.807) is 0 Å². The van der Waals surface area contributed by atoms with Crippen molar-refractivity contribution in [3.63, 3.8) is 0 Å². The molecular formula is C9H21N3O3S. The van der Waals surface area contributed by atoms with E-state index in [0.29, 0.717) is 13.0 Å². The second-order valence-corrected chi connectivity index (χ2v) is 3.85. The van der Waals surface area contributed by atoms with Crippen LogP contribution >= 0.6 is 0 Å². The minimum Gasteiger partial charge on any atom is -0.390 e. The summed E-state index contributed by atoms with van der Waals surface area (Å²) in [6, 6.07) is -0.345. The summed E-state index contributed by atoms with van der Waals surface area (Å²) >= 11 is -1.91. The van der Waals surface area contributed by atoms with Crippen LogP contribution in [0.1, 0.15) is 27.2 Å². The molecule has 0 heterocycles. The van der Waals surface area contributed by atoms with E-state index in [9.17, 15) is 14.1 Å². The highest BCUT2D eigenvalue weighted by Crippen LogP contribution is 2.01. The van der Waals surface area contributed by atoms with Gasteiger partial charge in [0.2, 0.25) is 5.91 Å². The lowest BCUT2D eigenvalue weighted by molar-refractivity contribution is -0.120. The van der Waals surface area contributed by atoms with E-state index in [4.69, 9.17) is 1.12 Å². The van der Waals surface area contributed by atoms with Crippen molar-refractivity contribution in [1.29, 1.82) is 1.12 Å². The third kappa shape index (κ3) is 6.16. The molecule has 0 aliphatic carbocycles. The summed E-state index contributed by atoms with van der Waals surface area (Å²) in [5.41, 5.74) is 0. The van der Waals surface area contributed by atoms with Crippen molar-refractivity contribution in [2.75, 3.05) is 13.1 Å². The Kier molecular flexibility index (Phi) is 7.32. The van der Waals surface area contributed by atoms with Crippen LogP contribution in [0.15, 0.2) is 0 Å². The molecule has 96 valence electrons. The third-order valence-electron chi connectivity index (χ3n) is 2.25. The minimum absolute atomic E-state index is 0.194. The topological polar surface area (TPSA) is 81.7 Å². The van der Waals surface area contributed by atoms with E-state index in [-0.39, 0.29) is 18.5 Å². The highest BCUT2D eigenvalue weighted by Gasteiger charge is 2.20. The van der Waals surface area contributed by atoms with Crippen molar-refractivity contribution in [1.82, 2.24) is 15.2 Å². The molecule has 0 aromatic carbocycles. The van der Waals surface area contributed by atoms with Crippen molar-refractivity contribution in [2.24, 2.45) is 0 Å². The molecule has 0 saturated heterocycles. The number of thiol groups is 1. The van der Waals surface area contributed by atoms with Crippen LogP contribution in [-0.2, 0) is 16.6 Å². The van der Waals surface area contributed by atoms with Crippen LogP contribution in [-0.4, -0.2) is 46.6 Å². The van der Waals surface area contributed by atoms with Gasteiger partial charge in [0.1, 0.15) is 0 Å². The number of hydrazine groups is 1. The Labute approximate surface area is 101 Å². The van der Waals surface area contributed by atoms with Gasteiger partial charge in [-0.05, 0) is 6.42 Å². The highest BCUT2D eigenvalue weighted by atomic mass is 32.2. The van der Waals surface area contributed by atoms with E-state index in [0.717, 1.165) is 0 Å². The number of carbonyl (C=O) groups is 1. The fourth-order valence-corrected chi connectivity index (χ4v) is 1.68. The van der Waals surface area contributed by atoms with Gasteiger partial charge in [-0.3, -0.25) is 4.79 Å². The normalized spacial score (nSPS) is 17.7. The van der Waals surface area contributed by atoms with Crippen LogP contribution in [0.25, 0.3) is 0 Å². The first-order valence-corrected chi connectivity index (χ1v) is 6.03. The second kappa shape index (κ2) is 8.63. The van der Waals surface area contributed by atoms with Crippen LogP contribution in [0.2, 0.25) is 0 Å². The van der Waals surface area contributed by atoms with Gasteiger partial charge in [0, 0.05) is 20.0 Å². The van der Waals surface area contributed by atoms with Crippen molar-refractivity contribution < 1.29 is 14.1 Å². The molecule has 3 N–H and O–H groups in total. The van der Waals surface area contributed by atoms with Crippen LogP contribution in [0.3, 0.4) is 0 Å². The summed E-state index contributed by atoms with van der Waals surface area (Å²) < 4.78 is 17.6. The largest absolute Gasteiger partial charge is 0.390 e. The second-order valence-electron chi connectivity index (χ2n) is 3.50. The predicted octanol–water partition coefficient (Wildman–Crippen LogP) is -1.05. The molecule has 3 unspecified atom stereocenters. The third-order valence-corrected chi connectivity index (χ3v) is 2.58. The average molecular weight is 253 g/mol. The van der Waals surface area contributed by atoms with E-state index in [1.807, 2.05) is 13.8 Å². The lowest BCUT2D eigenvalue weighted by Gasteiger charge is -2.27. The molecule has 16 heavy (non-hydrogen) atoms. The van der Waals surface area contributed by atoms with Crippen molar-refractivity contribution >= 4 is 17.7 Å². The van der Waals surface area contributed by atoms with Crippen LogP contribution in [0.5, 0.6) is 0 Å². The molecule has 0 aromatic heterocycles. The van der Waals surface area contributed by atoms with Gasteiger partial charge in [-0.1, -0.05) is 13.8 Å². The number of nitrogens with zero attached hydrogens (tertiary/aromatic N) is 1. The zero-order chi connectivity index (χ0) is 13.4. The number of carbonyl (C=O) groups excluding carboxylic acids is 1. The fourth-order valence-electron chi connectivity index (χ4n) is 1.37. The molecule has 0 rings (SSSR count). The molecule has 0 fully saturated rings. The predicted molar refractivity (Wildman–Crippen MR) is 63.8 cm³/mol. The lowest BCUT2D eigenvalue weighted by Crippen LogP contribution is -2.50. The summed E-state index contributed by atoms with van der Waals surface area (Å²) in [6.07, 6.45) is -0.178. The van der Waals surface area contributed by atoms with Crippen LogP contribution in [0, 0.1) is 0 Å². The lowest BCUT2D eigenvalue weighted by atomic mass is 10.1. The number of aliphatic hydroxyl groups excluding tert-OH is 1. The standard InChI is InChI=1S/C9H21N3O3S/c1-4-8(10-7(3)13)9(14)6-12(5-2)11-16-15/h8-9,14,16H,4-6H2,1-3H3,(H,10,13)(H,11,15)/i16T. The van der Waals surface area contributed by atoms with E-state index in [1.165, 1.54) is 11.9 Å². The number of amides is 1. The number of hydrogen-bond acceptors (Lipinski definition) is 4. The molecule has 0 aliphatic rings. The van der Waals surface area contributed by atoms with Crippen molar-refractivity contribution in [3.05, 3.63) is 0 Å². The molecule has 0 saturated carbocycles. The number of aliphatic hydroxyl groups is 1. The summed E-state index contributed by atoms with van der Waals surface area (Å²) in [6.45, 7) is 5.75. The number of hydrogen-bond donors (Lipinski definition) is 4. The molecule has 7 heteroatoms. The first-order chi connectivity index (χ1) is 7.90. The Balaban J connectivity index is 4.30. The Morgan fingerprint density at radius 2 is 2.25 bits per heavy atom. The maximum Gasteiger partial charge on any atom is 0.217 e. The van der Waals surface area contributed by atoms with E-state index >= 15 is 0 Å². The van der Waals surface area contributed by atoms with Crippen molar-refractivity contribution in [2.45, 2.75) is 39.3 Å². The monoisotopic (exact) mass is 253 g/mol. The molecule has 0 aromatic rings. The highest BCUT2D eigenvalue weighted by molar-refractivity contribution is 7.63. The van der Waals surface area contributed by atoms with Gasteiger partial charge in [0.25, 0.3) is 0 Å². The first kappa shape index (κ1) is 13.6. The number of likely N-dealkylation sites (N-methyl/N-ethyl adjacent to an activating group) is 1. The maximum absolute atomic E-state index is 10.9. The summed E-state index contributed by atoms with van der Waals surface area (Å²) in [7, 11) is 0. The van der Waals surface area contributed by atoms with Gasteiger partial charge >= 0.3 is 0 Å². The van der Waals surface area contributed by atoms with Gasteiger partial charge < -0.3 is 10.4 Å². The van der Waals surface area contributed by atoms with E-state index < -0.39 is 17.9 Å². The summed E-state index contributed by atoms with van der Waals surface area (Å²) in [5, 5.41) is 14.0. The Morgan fingerprint density at radius 3 is 2.62 bits per heavy atom. The molecule has 3 atom stereocenters.